The average Bonchev–Trinajstić information content (AvgIpc) is 2.48. The molecule has 0 aliphatic heterocycles. The molecule has 0 aliphatic carbocycles. The number of nitrogens with zero attached hydrogens (tertiary/aromatic N) is 1. The van der Waals surface area contributed by atoms with Gasteiger partial charge in [0.05, 0.1) is 12.1 Å². The van der Waals surface area contributed by atoms with Crippen molar-refractivity contribution in [2.24, 2.45) is 0 Å². The van der Waals surface area contributed by atoms with Gasteiger partial charge >= 0.3 is 0 Å². The summed E-state index contributed by atoms with van der Waals surface area (Å²) in [5.41, 5.74) is 1.34. The van der Waals surface area contributed by atoms with Crippen LogP contribution in [0.25, 0.3) is 0 Å². The van der Waals surface area contributed by atoms with Crippen LogP contribution in [0.5, 0.6) is 0 Å². The molecule has 1 heterocycles. The van der Waals surface area contributed by atoms with E-state index in [4.69, 9.17) is 0 Å². The fourth-order valence-corrected chi connectivity index (χ4v) is 1.84. The van der Waals surface area contributed by atoms with E-state index in [9.17, 15) is 9.59 Å². The Morgan fingerprint density at radius 2 is 1.95 bits per heavy atom. The Labute approximate surface area is 117 Å². The van der Waals surface area contributed by atoms with Gasteiger partial charge in [-0.15, -0.1) is 6.58 Å². The van der Waals surface area contributed by atoms with Gasteiger partial charge in [0.1, 0.15) is 0 Å². The molecule has 0 radical (unpaired) electrons. The second-order valence-corrected chi connectivity index (χ2v) is 4.37. The summed E-state index contributed by atoms with van der Waals surface area (Å²) in [6, 6.07) is 12.6. The van der Waals surface area contributed by atoms with Gasteiger partial charge in [-0.2, -0.15) is 0 Å². The average molecular weight is 268 g/mol. The number of nitrogens with one attached hydrogen (secondary N) is 1. The van der Waals surface area contributed by atoms with Gasteiger partial charge in [0, 0.05) is 18.8 Å². The summed E-state index contributed by atoms with van der Waals surface area (Å²) in [5.74, 6) is -0.216. The van der Waals surface area contributed by atoms with Crippen LogP contribution in [0.1, 0.15) is 15.9 Å². The molecule has 0 bridgehead atoms. The summed E-state index contributed by atoms with van der Waals surface area (Å²) in [6.45, 7) is 4.39. The Bertz CT molecular complexity index is 660. The lowest BCUT2D eigenvalue weighted by Gasteiger charge is -2.08. The summed E-state index contributed by atoms with van der Waals surface area (Å²) < 4.78 is 1.53. The monoisotopic (exact) mass is 268 g/mol. The third-order valence-corrected chi connectivity index (χ3v) is 2.85. The Morgan fingerprint density at radius 1 is 1.20 bits per heavy atom. The van der Waals surface area contributed by atoms with Crippen molar-refractivity contribution in [3.63, 3.8) is 0 Å². The third-order valence-electron chi connectivity index (χ3n) is 2.85. The van der Waals surface area contributed by atoms with Crippen LogP contribution in [0.3, 0.4) is 0 Å². The zero-order chi connectivity index (χ0) is 14.4. The smallest absolute Gasteiger partial charge is 0.253 e. The maximum atomic E-state index is 11.8. The first-order valence-electron chi connectivity index (χ1n) is 6.34. The van der Waals surface area contributed by atoms with Crippen molar-refractivity contribution in [3.05, 3.63) is 82.8 Å². The fourth-order valence-electron chi connectivity index (χ4n) is 1.84. The molecule has 2 rings (SSSR count). The number of rotatable bonds is 5. The Balaban J connectivity index is 2.23. The molecule has 0 fully saturated rings. The highest BCUT2D eigenvalue weighted by molar-refractivity contribution is 5.93. The van der Waals surface area contributed by atoms with Gasteiger partial charge < -0.3 is 9.88 Å². The Hall–Kier alpha value is -2.62. The minimum atomic E-state index is -0.216. The number of aromatic nitrogens is 1. The molecule has 1 aromatic carbocycles. The number of benzene rings is 1. The van der Waals surface area contributed by atoms with Crippen LogP contribution in [0.2, 0.25) is 0 Å². The van der Waals surface area contributed by atoms with Gasteiger partial charge in [-0.25, -0.2) is 0 Å². The molecule has 1 N–H and O–H groups in total. The van der Waals surface area contributed by atoms with E-state index in [2.05, 4.69) is 11.9 Å². The van der Waals surface area contributed by atoms with Crippen LogP contribution < -0.4 is 10.9 Å². The van der Waals surface area contributed by atoms with Crippen molar-refractivity contribution in [2.75, 3.05) is 6.54 Å². The zero-order valence-corrected chi connectivity index (χ0v) is 11.1. The topological polar surface area (TPSA) is 51.1 Å². The van der Waals surface area contributed by atoms with E-state index in [0.717, 1.165) is 5.56 Å². The second-order valence-electron chi connectivity index (χ2n) is 4.37. The standard InChI is InChI=1S/C16H16N2O2/c1-2-10-17-16(20)14-8-9-15(19)18(12-14)11-13-6-4-3-5-7-13/h2-9,12H,1,10-11H2,(H,17,20). The van der Waals surface area contributed by atoms with Gasteiger partial charge in [-0.05, 0) is 11.6 Å². The second kappa shape index (κ2) is 6.52. The van der Waals surface area contributed by atoms with E-state index < -0.39 is 0 Å². The highest BCUT2D eigenvalue weighted by atomic mass is 16.2. The van der Waals surface area contributed by atoms with Crippen LogP contribution in [0.15, 0.2) is 66.1 Å². The zero-order valence-electron chi connectivity index (χ0n) is 11.1. The van der Waals surface area contributed by atoms with Crippen molar-refractivity contribution in [1.29, 1.82) is 0 Å². The Morgan fingerprint density at radius 3 is 2.65 bits per heavy atom. The normalized spacial score (nSPS) is 10.0. The van der Waals surface area contributed by atoms with Crippen LogP contribution in [0.4, 0.5) is 0 Å². The van der Waals surface area contributed by atoms with Crippen molar-refractivity contribution in [2.45, 2.75) is 6.54 Å². The van der Waals surface area contributed by atoms with Crippen molar-refractivity contribution in [3.8, 4) is 0 Å². The molecule has 4 heteroatoms. The summed E-state index contributed by atoms with van der Waals surface area (Å²) in [7, 11) is 0. The first-order valence-corrected chi connectivity index (χ1v) is 6.34. The van der Waals surface area contributed by atoms with Crippen LogP contribution in [0, 0.1) is 0 Å². The number of carbonyl (C=O) groups is 1. The molecule has 1 aromatic heterocycles. The third kappa shape index (κ3) is 3.45. The highest BCUT2D eigenvalue weighted by Crippen LogP contribution is 2.02. The van der Waals surface area contributed by atoms with Gasteiger partial charge in [0.25, 0.3) is 11.5 Å². The number of hydrogen-bond donors (Lipinski definition) is 1. The lowest BCUT2D eigenvalue weighted by molar-refractivity contribution is 0.0957. The predicted octanol–water partition coefficient (Wildman–Crippen LogP) is 1.81. The van der Waals surface area contributed by atoms with E-state index in [1.807, 2.05) is 30.3 Å². The van der Waals surface area contributed by atoms with Gasteiger partial charge in [0.15, 0.2) is 0 Å². The lowest BCUT2D eigenvalue weighted by Crippen LogP contribution is -2.26. The molecular formula is C16H16N2O2. The molecule has 20 heavy (non-hydrogen) atoms. The van der Waals surface area contributed by atoms with Crippen molar-refractivity contribution >= 4 is 5.91 Å². The summed E-state index contributed by atoms with van der Waals surface area (Å²) in [5, 5.41) is 2.69. The first kappa shape index (κ1) is 13.8. The predicted molar refractivity (Wildman–Crippen MR) is 78.8 cm³/mol. The van der Waals surface area contributed by atoms with Gasteiger partial charge in [0.2, 0.25) is 0 Å². The molecule has 0 unspecified atom stereocenters. The molecular weight excluding hydrogens is 252 g/mol. The molecule has 4 nitrogen and oxygen atoms in total. The van der Waals surface area contributed by atoms with Crippen LogP contribution >= 0.6 is 0 Å². The van der Waals surface area contributed by atoms with E-state index >= 15 is 0 Å². The highest BCUT2D eigenvalue weighted by Gasteiger charge is 2.06. The quantitative estimate of drug-likeness (QED) is 0.841. The minimum Gasteiger partial charge on any atom is -0.349 e. The minimum absolute atomic E-state index is 0.130. The van der Waals surface area contributed by atoms with Crippen molar-refractivity contribution in [1.82, 2.24) is 9.88 Å². The van der Waals surface area contributed by atoms with E-state index in [0.29, 0.717) is 18.7 Å². The van der Waals surface area contributed by atoms with E-state index in [1.54, 1.807) is 12.3 Å². The number of pyridine rings is 1. The Kier molecular flexibility index (Phi) is 4.50. The van der Waals surface area contributed by atoms with Gasteiger partial charge in [-0.3, -0.25) is 9.59 Å². The van der Waals surface area contributed by atoms with Gasteiger partial charge in [-0.1, -0.05) is 36.4 Å². The molecule has 0 saturated carbocycles. The fraction of sp³-hybridized carbons (Fsp3) is 0.125. The van der Waals surface area contributed by atoms with Crippen LogP contribution in [-0.4, -0.2) is 17.0 Å². The molecule has 2 aromatic rings. The maximum absolute atomic E-state index is 11.8. The molecule has 0 spiro atoms. The largest absolute Gasteiger partial charge is 0.349 e. The molecule has 0 atom stereocenters. The molecule has 0 saturated heterocycles. The lowest BCUT2D eigenvalue weighted by atomic mass is 10.2. The number of hydrogen-bond acceptors (Lipinski definition) is 2. The maximum Gasteiger partial charge on any atom is 0.253 e. The molecule has 102 valence electrons. The summed E-state index contributed by atoms with van der Waals surface area (Å²) in [4.78, 5) is 23.7. The number of amides is 1. The first-order chi connectivity index (χ1) is 9.70. The van der Waals surface area contributed by atoms with Crippen LogP contribution in [-0.2, 0) is 6.54 Å². The number of carbonyl (C=O) groups excluding carboxylic acids is 1. The van der Waals surface area contributed by atoms with Crippen molar-refractivity contribution < 1.29 is 4.79 Å². The summed E-state index contributed by atoms with van der Waals surface area (Å²) in [6.07, 6.45) is 3.19. The summed E-state index contributed by atoms with van der Waals surface area (Å²) >= 11 is 0. The van der Waals surface area contributed by atoms with E-state index in [1.165, 1.54) is 16.7 Å². The van der Waals surface area contributed by atoms with E-state index in [-0.39, 0.29) is 11.5 Å². The molecule has 0 aliphatic rings. The SMILES string of the molecule is C=CCNC(=O)c1ccc(=O)n(Cc2ccccc2)c1. The molecule has 1 amide bonds.